The first kappa shape index (κ1) is 12.2. The van der Waals surface area contributed by atoms with Crippen LogP contribution in [0.5, 0.6) is 0 Å². The molecule has 3 nitrogen and oxygen atoms in total. The van der Waals surface area contributed by atoms with Crippen LogP contribution in [0.25, 0.3) is 0 Å². The van der Waals surface area contributed by atoms with Gasteiger partial charge >= 0.3 is 0 Å². The van der Waals surface area contributed by atoms with Crippen molar-refractivity contribution in [1.29, 1.82) is 0 Å². The van der Waals surface area contributed by atoms with Gasteiger partial charge < -0.3 is 10.2 Å². The van der Waals surface area contributed by atoms with Gasteiger partial charge in [0, 0.05) is 20.1 Å². The molecule has 1 unspecified atom stereocenters. The van der Waals surface area contributed by atoms with Crippen LogP contribution in [0.1, 0.15) is 27.2 Å². The molecule has 0 aromatic carbocycles. The van der Waals surface area contributed by atoms with Crippen LogP contribution in [0.4, 0.5) is 11.6 Å². The molecule has 0 bridgehead atoms. The molecule has 0 aliphatic carbocycles. The average Bonchev–Trinajstić information content (AvgIpc) is 2.78. The Hall–Kier alpha value is -1.25. The van der Waals surface area contributed by atoms with Crippen LogP contribution < -0.4 is 10.2 Å². The number of nitrogens with one attached hydrogen (secondary N) is 1. The number of pyridine rings is 1. The van der Waals surface area contributed by atoms with Crippen LogP contribution in [0.15, 0.2) is 18.2 Å². The molecule has 2 rings (SSSR count). The average molecular weight is 233 g/mol. The molecular formula is C14H23N3. The zero-order valence-electron chi connectivity index (χ0n) is 11.3. The zero-order chi connectivity index (χ0) is 12.5. The molecule has 1 fully saturated rings. The van der Waals surface area contributed by atoms with E-state index in [1.54, 1.807) is 0 Å². The van der Waals surface area contributed by atoms with E-state index < -0.39 is 0 Å². The summed E-state index contributed by atoms with van der Waals surface area (Å²) >= 11 is 0. The summed E-state index contributed by atoms with van der Waals surface area (Å²) in [6.45, 7) is 9.25. The van der Waals surface area contributed by atoms with E-state index in [2.05, 4.69) is 48.1 Å². The van der Waals surface area contributed by atoms with Gasteiger partial charge in [0.15, 0.2) is 0 Å². The summed E-state index contributed by atoms with van der Waals surface area (Å²) in [4.78, 5) is 7.00. The normalized spacial score (nSPS) is 20.7. The summed E-state index contributed by atoms with van der Waals surface area (Å²) in [6.07, 6.45) is 1.27. The van der Waals surface area contributed by atoms with Crippen LogP contribution in [0.2, 0.25) is 0 Å². The van der Waals surface area contributed by atoms with Crippen molar-refractivity contribution in [2.45, 2.75) is 27.2 Å². The molecule has 1 saturated heterocycles. The van der Waals surface area contributed by atoms with Crippen LogP contribution in [0, 0.1) is 11.3 Å². The third-order valence-corrected chi connectivity index (χ3v) is 3.73. The van der Waals surface area contributed by atoms with Crippen LogP contribution in [0.3, 0.4) is 0 Å². The summed E-state index contributed by atoms with van der Waals surface area (Å²) in [6, 6.07) is 6.17. The van der Waals surface area contributed by atoms with Crippen molar-refractivity contribution in [2.75, 3.05) is 30.4 Å². The van der Waals surface area contributed by atoms with Crippen molar-refractivity contribution in [3.8, 4) is 0 Å². The molecule has 1 N–H and O–H groups in total. The van der Waals surface area contributed by atoms with Gasteiger partial charge in [0.1, 0.15) is 11.6 Å². The van der Waals surface area contributed by atoms with Crippen molar-refractivity contribution in [3.63, 3.8) is 0 Å². The minimum absolute atomic E-state index is 0.398. The molecule has 94 valence electrons. The van der Waals surface area contributed by atoms with Gasteiger partial charge in [-0.05, 0) is 29.9 Å². The molecule has 17 heavy (non-hydrogen) atoms. The Morgan fingerprint density at radius 2 is 2.12 bits per heavy atom. The maximum Gasteiger partial charge on any atom is 0.130 e. The Labute approximate surface area is 104 Å². The lowest BCUT2D eigenvalue weighted by Crippen LogP contribution is -2.26. The van der Waals surface area contributed by atoms with E-state index in [9.17, 15) is 0 Å². The van der Waals surface area contributed by atoms with Crippen molar-refractivity contribution in [2.24, 2.45) is 11.3 Å². The Bertz CT molecular complexity index is 381. The minimum atomic E-state index is 0.398. The Kier molecular flexibility index (Phi) is 3.27. The number of hydrogen-bond acceptors (Lipinski definition) is 3. The van der Waals surface area contributed by atoms with Gasteiger partial charge in [0.25, 0.3) is 0 Å². The molecule has 0 radical (unpaired) electrons. The lowest BCUT2D eigenvalue weighted by molar-refractivity contribution is 0.263. The monoisotopic (exact) mass is 233 g/mol. The highest BCUT2D eigenvalue weighted by Crippen LogP contribution is 2.35. The van der Waals surface area contributed by atoms with Gasteiger partial charge in [0.05, 0.1) is 0 Å². The van der Waals surface area contributed by atoms with Crippen LogP contribution >= 0.6 is 0 Å². The van der Waals surface area contributed by atoms with Crippen LogP contribution in [-0.2, 0) is 0 Å². The molecule has 1 aliphatic rings. The first-order valence-electron chi connectivity index (χ1n) is 6.40. The predicted molar refractivity (Wildman–Crippen MR) is 73.6 cm³/mol. The summed E-state index contributed by atoms with van der Waals surface area (Å²) in [7, 11) is 1.91. The third-order valence-electron chi connectivity index (χ3n) is 3.73. The van der Waals surface area contributed by atoms with Gasteiger partial charge in [-0.2, -0.15) is 0 Å². The number of rotatable bonds is 2. The van der Waals surface area contributed by atoms with E-state index in [4.69, 9.17) is 0 Å². The molecule has 1 aromatic rings. The van der Waals surface area contributed by atoms with Crippen molar-refractivity contribution in [1.82, 2.24) is 4.98 Å². The maximum absolute atomic E-state index is 4.60. The highest BCUT2D eigenvalue weighted by Gasteiger charge is 2.32. The fourth-order valence-electron chi connectivity index (χ4n) is 2.41. The second-order valence-corrected chi connectivity index (χ2v) is 5.93. The smallest absolute Gasteiger partial charge is 0.130 e. The van der Waals surface area contributed by atoms with Crippen molar-refractivity contribution < 1.29 is 0 Å². The largest absolute Gasteiger partial charge is 0.373 e. The molecule has 1 aliphatic heterocycles. The fraction of sp³-hybridized carbons (Fsp3) is 0.643. The molecule has 0 spiro atoms. The molecule has 1 aromatic heterocycles. The van der Waals surface area contributed by atoms with E-state index in [1.165, 1.54) is 6.42 Å². The highest BCUT2D eigenvalue weighted by molar-refractivity contribution is 5.47. The summed E-state index contributed by atoms with van der Waals surface area (Å²) in [5.41, 5.74) is 0.398. The van der Waals surface area contributed by atoms with Gasteiger partial charge in [-0.25, -0.2) is 4.98 Å². The molecule has 3 heteroatoms. The Balaban J connectivity index is 2.09. The zero-order valence-corrected chi connectivity index (χ0v) is 11.3. The Morgan fingerprint density at radius 3 is 2.71 bits per heavy atom. The third kappa shape index (κ3) is 2.71. The van der Waals surface area contributed by atoms with Crippen LogP contribution in [-0.4, -0.2) is 25.1 Å². The van der Waals surface area contributed by atoms with Crippen molar-refractivity contribution >= 4 is 11.6 Å². The van der Waals surface area contributed by atoms with E-state index in [1.807, 2.05) is 13.1 Å². The second-order valence-electron chi connectivity index (χ2n) is 5.93. The van der Waals surface area contributed by atoms with Gasteiger partial charge in [-0.1, -0.05) is 26.8 Å². The SMILES string of the molecule is CNc1cccc(N2CCC(C(C)(C)C)C2)n1. The maximum atomic E-state index is 4.60. The van der Waals surface area contributed by atoms with Crippen molar-refractivity contribution in [3.05, 3.63) is 18.2 Å². The lowest BCUT2D eigenvalue weighted by atomic mass is 9.80. The van der Waals surface area contributed by atoms with E-state index in [-0.39, 0.29) is 0 Å². The van der Waals surface area contributed by atoms with E-state index in [0.29, 0.717) is 5.41 Å². The lowest BCUT2D eigenvalue weighted by Gasteiger charge is -2.27. The minimum Gasteiger partial charge on any atom is -0.373 e. The number of anilines is 2. The van der Waals surface area contributed by atoms with Gasteiger partial charge in [0.2, 0.25) is 0 Å². The Morgan fingerprint density at radius 1 is 1.35 bits per heavy atom. The molecule has 1 atom stereocenters. The van der Waals surface area contributed by atoms with Gasteiger partial charge in [-0.15, -0.1) is 0 Å². The summed E-state index contributed by atoms with van der Waals surface area (Å²) in [5.74, 6) is 2.81. The first-order chi connectivity index (χ1) is 8.00. The van der Waals surface area contributed by atoms with E-state index in [0.717, 1.165) is 30.6 Å². The predicted octanol–water partition coefficient (Wildman–Crippen LogP) is 3.00. The number of hydrogen-bond donors (Lipinski definition) is 1. The number of aromatic nitrogens is 1. The quantitative estimate of drug-likeness (QED) is 0.851. The van der Waals surface area contributed by atoms with Gasteiger partial charge in [-0.3, -0.25) is 0 Å². The highest BCUT2D eigenvalue weighted by atomic mass is 15.2. The summed E-state index contributed by atoms with van der Waals surface area (Å²) in [5, 5.41) is 3.09. The molecule has 0 saturated carbocycles. The molecular weight excluding hydrogens is 210 g/mol. The second kappa shape index (κ2) is 4.55. The molecule has 0 amide bonds. The fourth-order valence-corrected chi connectivity index (χ4v) is 2.41. The first-order valence-corrected chi connectivity index (χ1v) is 6.40. The van der Waals surface area contributed by atoms with E-state index >= 15 is 0 Å². The molecule has 2 heterocycles. The topological polar surface area (TPSA) is 28.2 Å². The standard InChI is InChI=1S/C14H23N3/c1-14(2,3)11-8-9-17(10-11)13-7-5-6-12(15-4)16-13/h5-7,11H,8-10H2,1-4H3,(H,15,16). The number of nitrogens with zero attached hydrogens (tertiary/aromatic N) is 2. The summed E-state index contributed by atoms with van der Waals surface area (Å²) < 4.78 is 0.